The Labute approximate surface area is 116 Å². The molecule has 1 unspecified atom stereocenters. The number of likely N-dealkylation sites (N-methyl/N-ethyl adjacent to an activating group) is 2. The van der Waals surface area contributed by atoms with E-state index in [1.807, 2.05) is 6.07 Å². The summed E-state index contributed by atoms with van der Waals surface area (Å²) in [5.74, 6) is -0.187. The third-order valence-electron chi connectivity index (χ3n) is 3.72. The standard InChI is InChI=1S/C15H26FN3/c1-15(12-17,19(4)9-8-18(2)3)11-13-6-5-7-14(16)10-13/h5-7,10H,8-9,11-12,17H2,1-4H3. The zero-order chi connectivity index (χ0) is 14.5. The molecule has 0 aliphatic carbocycles. The third-order valence-corrected chi connectivity index (χ3v) is 3.72. The minimum atomic E-state index is -0.187. The Bertz CT molecular complexity index is 395. The molecule has 0 saturated heterocycles. The minimum Gasteiger partial charge on any atom is -0.329 e. The fraction of sp³-hybridized carbons (Fsp3) is 0.600. The first kappa shape index (κ1) is 16.1. The van der Waals surface area contributed by atoms with Crippen molar-refractivity contribution in [2.24, 2.45) is 5.73 Å². The van der Waals surface area contributed by atoms with Gasteiger partial charge in [0.15, 0.2) is 0 Å². The molecular weight excluding hydrogens is 241 g/mol. The molecule has 0 aliphatic heterocycles. The van der Waals surface area contributed by atoms with E-state index in [0.29, 0.717) is 6.54 Å². The number of hydrogen-bond acceptors (Lipinski definition) is 3. The van der Waals surface area contributed by atoms with Gasteiger partial charge in [0.05, 0.1) is 0 Å². The molecular formula is C15H26FN3. The van der Waals surface area contributed by atoms with Gasteiger partial charge in [-0.25, -0.2) is 4.39 Å². The molecule has 4 heteroatoms. The van der Waals surface area contributed by atoms with E-state index in [0.717, 1.165) is 25.1 Å². The first-order chi connectivity index (χ1) is 8.87. The van der Waals surface area contributed by atoms with Crippen molar-refractivity contribution >= 4 is 0 Å². The highest BCUT2D eigenvalue weighted by molar-refractivity contribution is 5.19. The van der Waals surface area contributed by atoms with Gasteiger partial charge in [0.2, 0.25) is 0 Å². The van der Waals surface area contributed by atoms with Crippen molar-refractivity contribution < 1.29 is 4.39 Å². The average molecular weight is 267 g/mol. The molecule has 1 aromatic carbocycles. The lowest BCUT2D eigenvalue weighted by molar-refractivity contribution is 0.133. The first-order valence-corrected chi connectivity index (χ1v) is 6.68. The van der Waals surface area contributed by atoms with Gasteiger partial charge in [-0.2, -0.15) is 0 Å². The van der Waals surface area contributed by atoms with E-state index < -0.39 is 0 Å². The lowest BCUT2D eigenvalue weighted by Gasteiger charge is -2.39. The summed E-state index contributed by atoms with van der Waals surface area (Å²) in [5, 5.41) is 0. The molecule has 1 aromatic rings. The van der Waals surface area contributed by atoms with Crippen LogP contribution in [0.1, 0.15) is 12.5 Å². The normalized spacial score (nSPS) is 14.9. The second kappa shape index (κ2) is 6.98. The molecule has 3 nitrogen and oxygen atoms in total. The van der Waals surface area contributed by atoms with Crippen molar-refractivity contribution in [3.63, 3.8) is 0 Å². The molecule has 2 N–H and O–H groups in total. The Morgan fingerprint density at radius 2 is 1.89 bits per heavy atom. The predicted molar refractivity (Wildman–Crippen MR) is 78.7 cm³/mol. The fourth-order valence-corrected chi connectivity index (χ4v) is 2.07. The Hall–Kier alpha value is -0.970. The largest absolute Gasteiger partial charge is 0.329 e. The molecule has 19 heavy (non-hydrogen) atoms. The minimum absolute atomic E-state index is 0.149. The second-order valence-corrected chi connectivity index (χ2v) is 5.73. The van der Waals surface area contributed by atoms with Crippen molar-refractivity contribution in [2.45, 2.75) is 18.9 Å². The summed E-state index contributed by atoms with van der Waals surface area (Å²) >= 11 is 0. The number of hydrogen-bond donors (Lipinski definition) is 1. The van der Waals surface area contributed by atoms with Gasteiger partial charge >= 0.3 is 0 Å². The van der Waals surface area contributed by atoms with Gasteiger partial charge in [-0.05, 0) is 52.2 Å². The molecule has 0 heterocycles. The second-order valence-electron chi connectivity index (χ2n) is 5.73. The Kier molecular flexibility index (Phi) is 5.91. The van der Waals surface area contributed by atoms with Crippen LogP contribution in [-0.4, -0.2) is 56.1 Å². The number of rotatable bonds is 7. The highest BCUT2D eigenvalue weighted by Gasteiger charge is 2.27. The average Bonchev–Trinajstić information content (AvgIpc) is 2.35. The van der Waals surface area contributed by atoms with Gasteiger partial charge in [-0.3, -0.25) is 4.90 Å². The molecule has 0 radical (unpaired) electrons. The van der Waals surface area contributed by atoms with Crippen LogP contribution in [0.3, 0.4) is 0 Å². The van der Waals surface area contributed by atoms with Crippen LogP contribution in [-0.2, 0) is 6.42 Å². The Morgan fingerprint density at radius 1 is 1.21 bits per heavy atom. The van der Waals surface area contributed by atoms with E-state index in [2.05, 4.69) is 37.9 Å². The van der Waals surface area contributed by atoms with Crippen molar-refractivity contribution in [1.29, 1.82) is 0 Å². The summed E-state index contributed by atoms with van der Waals surface area (Å²) < 4.78 is 13.2. The van der Waals surface area contributed by atoms with E-state index in [9.17, 15) is 4.39 Å². The Balaban J connectivity index is 2.73. The fourth-order valence-electron chi connectivity index (χ4n) is 2.07. The molecule has 108 valence electrons. The SMILES string of the molecule is CN(C)CCN(C)C(C)(CN)Cc1cccc(F)c1. The number of halogens is 1. The summed E-state index contributed by atoms with van der Waals surface area (Å²) in [6.07, 6.45) is 0.755. The predicted octanol–water partition coefficient (Wildman–Crippen LogP) is 1.58. The van der Waals surface area contributed by atoms with Crippen molar-refractivity contribution in [2.75, 3.05) is 40.8 Å². The lowest BCUT2D eigenvalue weighted by atomic mass is 9.91. The van der Waals surface area contributed by atoms with Crippen LogP contribution in [0.25, 0.3) is 0 Å². The smallest absolute Gasteiger partial charge is 0.123 e. The first-order valence-electron chi connectivity index (χ1n) is 6.68. The molecule has 0 aliphatic rings. The maximum atomic E-state index is 13.2. The lowest BCUT2D eigenvalue weighted by Crippen LogP contribution is -2.53. The van der Waals surface area contributed by atoms with E-state index >= 15 is 0 Å². The zero-order valence-electron chi connectivity index (χ0n) is 12.5. The number of nitrogens with zero attached hydrogens (tertiary/aromatic N) is 2. The summed E-state index contributed by atoms with van der Waals surface area (Å²) in [5.41, 5.74) is 6.79. The van der Waals surface area contributed by atoms with Gasteiger partial charge in [-0.15, -0.1) is 0 Å². The van der Waals surface area contributed by atoms with Crippen molar-refractivity contribution in [3.05, 3.63) is 35.6 Å². The van der Waals surface area contributed by atoms with Crippen LogP contribution < -0.4 is 5.73 Å². The maximum Gasteiger partial charge on any atom is 0.123 e. The van der Waals surface area contributed by atoms with Crippen LogP contribution in [0, 0.1) is 5.82 Å². The van der Waals surface area contributed by atoms with Gasteiger partial charge in [-0.1, -0.05) is 12.1 Å². The third kappa shape index (κ3) is 4.90. The maximum absolute atomic E-state index is 13.2. The summed E-state index contributed by atoms with van der Waals surface area (Å²) in [7, 11) is 6.19. The van der Waals surface area contributed by atoms with E-state index in [4.69, 9.17) is 5.73 Å². The van der Waals surface area contributed by atoms with Crippen LogP contribution in [0.2, 0.25) is 0 Å². The summed E-state index contributed by atoms with van der Waals surface area (Å²) in [6.45, 7) is 4.60. The van der Waals surface area contributed by atoms with Gasteiger partial charge in [0.25, 0.3) is 0 Å². The highest BCUT2D eigenvalue weighted by Crippen LogP contribution is 2.19. The topological polar surface area (TPSA) is 32.5 Å². The Morgan fingerprint density at radius 3 is 2.42 bits per heavy atom. The van der Waals surface area contributed by atoms with Crippen LogP contribution in [0.4, 0.5) is 4.39 Å². The van der Waals surface area contributed by atoms with Crippen LogP contribution in [0.5, 0.6) is 0 Å². The molecule has 0 amide bonds. The molecule has 1 atom stereocenters. The summed E-state index contributed by atoms with van der Waals surface area (Å²) in [6, 6.07) is 6.77. The quantitative estimate of drug-likeness (QED) is 0.814. The molecule has 0 aromatic heterocycles. The summed E-state index contributed by atoms with van der Waals surface area (Å²) in [4.78, 5) is 4.41. The molecule has 0 saturated carbocycles. The van der Waals surface area contributed by atoms with E-state index in [-0.39, 0.29) is 11.4 Å². The number of benzene rings is 1. The molecule has 0 spiro atoms. The zero-order valence-corrected chi connectivity index (χ0v) is 12.5. The molecule has 0 fully saturated rings. The van der Waals surface area contributed by atoms with E-state index in [1.54, 1.807) is 12.1 Å². The van der Waals surface area contributed by atoms with Crippen LogP contribution in [0.15, 0.2) is 24.3 Å². The van der Waals surface area contributed by atoms with E-state index in [1.165, 1.54) is 6.07 Å². The number of nitrogens with two attached hydrogens (primary N) is 1. The monoisotopic (exact) mass is 267 g/mol. The van der Waals surface area contributed by atoms with Gasteiger partial charge in [0, 0.05) is 25.2 Å². The van der Waals surface area contributed by atoms with Gasteiger partial charge < -0.3 is 10.6 Å². The van der Waals surface area contributed by atoms with Crippen molar-refractivity contribution in [3.8, 4) is 0 Å². The highest BCUT2D eigenvalue weighted by atomic mass is 19.1. The van der Waals surface area contributed by atoms with Crippen molar-refractivity contribution in [1.82, 2.24) is 9.80 Å². The molecule has 1 rings (SSSR count). The van der Waals surface area contributed by atoms with Crippen LogP contribution >= 0.6 is 0 Å². The van der Waals surface area contributed by atoms with Gasteiger partial charge in [0.1, 0.15) is 5.82 Å². The molecule has 0 bridgehead atoms.